The molecule has 0 fully saturated rings. The van der Waals surface area contributed by atoms with Crippen LogP contribution in [0.5, 0.6) is 0 Å². The molecular weight excluding hydrogens is 168 g/mol. The van der Waals surface area contributed by atoms with Crippen molar-refractivity contribution in [2.45, 2.75) is 12.2 Å². The van der Waals surface area contributed by atoms with Gasteiger partial charge in [0.15, 0.2) is 0 Å². The van der Waals surface area contributed by atoms with Crippen LogP contribution in [0.15, 0.2) is 30.3 Å². The smallest absolute Gasteiger partial charge is 0.107 e. The molecule has 0 spiro atoms. The first-order valence-corrected chi connectivity index (χ1v) is 4.15. The Hall–Kier alpha value is -0.900. The molecule has 2 N–H and O–H groups in total. The van der Waals surface area contributed by atoms with Gasteiger partial charge in [-0.2, -0.15) is 0 Å². The Balaban J connectivity index is 2.62. The van der Waals surface area contributed by atoms with Gasteiger partial charge in [-0.05, 0) is 5.56 Å². The predicted octanol–water partition coefficient (Wildman–Crippen LogP) is 0.727. The van der Waals surface area contributed by atoms with Gasteiger partial charge >= 0.3 is 0 Å². The first kappa shape index (κ1) is 10.2. The van der Waals surface area contributed by atoms with Crippen molar-refractivity contribution in [2.75, 3.05) is 13.7 Å². The molecule has 13 heavy (non-hydrogen) atoms. The van der Waals surface area contributed by atoms with Crippen molar-refractivity contribution in [1.29, 1.82) is 0 Å². The summed E-state index contributed by atoms with van der Waals surface area (Å²) in [5, 5.41) is 19.0. The largest absolute Gasteiger partial charge is 0.388 e. The van der Waals surface area contributed by atoms with E-state index in [4.69, 9.17) is 4.74 Å². The van der Waals surface area contributed by atoms with Crippen molar-refractivity contribution in [3.63, 3.8) is 0 Å². The summed E-state index contributed by atoms with van der Waals surface area (Å²) < 4.78 is 4.74. The Morgan fingerprint density at radius 1 is 1.23 bits per heavy atom. The van der Waals surface area contributed by atoms with Crippen LogP contribution in [0.3, 0.4) is 0 Å². The Labute approximate surface area is 77.6 Å². The van der Waals surface area contributed by atoms with Gasteiger partial charge in [-0.25, -0.2) is 0 Å². The van der Waals surface area contributed by atoms with Crippen LogP contribution < -0.4 is 0 Å². The first-order valence-electron chi connectivity index (χ1n) is 4.15. The molecular formula is C10H14O3. The fourth-order valence-corrected chi connectivity index (χ4v) is 1.13. The summed E-state index contributed by atoms with van der Waals surface area (Å²) in [6.07, 6.45) is -1.74. The van der Waals surface area contributed by atoms with Gasteiger partial charge in [0.2, 0.25) is 0 Å². The van der Waals surface area contributed by atoms with Crippen LogP contribution in [0.25, 0.3) is 0 Å². The van der Waals surface area contributed by atoms with Gasteiger partial charge in [-0.1, -0.05) is 30.3 Å². The number of rotatable bonds is 4. The predicted molar refractivity (Wildman–Crippen MR) is 49.3 cm³/mol. The number of aliphatic hydroxyl groups excluding tert-OH is 2. The minimum Gasteiger partial charge on any atom is -0.388 e. The molecule has 0 aromatic heterocycles. The molecule has 1 rings (SSSR count). The Morgan fingerprint density at radius 2 is 1.85 bits per heavy atom. The maximum absolute atomic E-state index is 9.59. The molecule has 2 atom stereocenters. The van der Waals surface area contributed by atoms with Gasteiger partial charge in [-0.3, -0.25) is 0 Å². The van der Waals surface area contributed by atoms with E-state index in [0.29, 0.717) is 5.56 Å². The zero-order valence-electron chi connectivity index (χ0n) is 7.55. The van der Waals surface area contributed by atoms with Crippen molar-refractivity contribution in [3.8, 4) is 0 Å². The van der Waals surface area contributed by atoms with Crippen LogP contribution in [-0.2, 0) is 4.74 Å². The van der Waals surface area contributed by atoms with Crippen molar-refractivity contribution < 1.29 is 14.9 Å². The summed E-state index contributed by atoms with van der Waals surface area (Å²) in [6.45, 7) is 0.135. The van der Waals surface area contributed by atoms with E-state index in [1.807, 2.05) is 18.2 Å². The van der Waals surface area contributed by atoms with E-state index >= 15 is 0 Å². The molecule has 0 amide bonds. The third kappa shape index (κ3) is 2.81. The second-order valence-corrected chi connectivity index (χ2v) is 2.88. The molecule has 3 heteroatoms. The van der Waals surface area contributed by atoms with Gasteiger partial charge in [0.25, 0.3) is 0 Å². The zero-order chi connectivity index (χ0) is 9.68. The van der Waals surface area contributed by atoms with Crippen LogP contribution in [0.2, 0.25) is 0 Å². The van der Waals surface area contributed by atoms with Crippen LogP contribution in [0, 0.1) is 0 Å². The minimum absolute atomic E-state index is 0.135. The maximum Gasteiger partial charge on any atom is 0.107 e. The lowest BCUT2D eigenvalue weighted by Gasteiger charge is -2.16. The quantitative estimate of drug-likeness (QED) is 0.721. The molecule has 0 heterocycles. The average Bonchev–Trinajstić information content (AvgIpc) is 2.18. The summed E-state index contributed by atoms with van der Waals surface area (Å²) in [4.78, 5) is 0. The lowest BCUT2D eigenvalue weighted by atomic mass is 10.1. The van der Waals surface area contributed by atoms with Crippen LogP contribution in [0.1, 0.15) is 11.7 Å². The van der Waals surface area contributed by atoms with E-state index in [-0.39, 0.29) is 6.61 Å². The Morgan fingerprint density at radius 3 is 2.38 bits per heavy atom. The Kier molecular flexibility index (Phi) is 3.89. The maximum atomic E-state index is 9.59. The van der Waals surface area contributed by atoms with E-state index in [9.17, 15) is 10.2 Å². The lowest BCUT2D eigenvalue weighted by molar-refractivity contribution is -0.0273. The minimum atomic E-state index is -0.874. The average molecular weight is 182 g/mol. The van der Waals surface area contributed by atoms with Gasteiger partial charge in [0.1, 0.15) is 12.2 Å². The lowest BCUT2D eigenvalue weighted by Crippen LogP contribution is -2.23. The number of methoxy groups -OCH3 is 1. The second-order valence-electron chi connectivity index (χ2n) is 2.88. The topological polar surface area (TPSA) is 49.7 Å². The molecule has 1 aromatic carbocycles. The van der Waals surface area contributed by atoms with Gasteiger partial charge in [-0.15, -0.1) is 0 Å². The fourth-order valence-electron chi connectivity index (χ4n) is 1.13. The monoisotopic (exact) mass is 182 g/mol. The van der Waals surface area contributed by atoms with Crippen LogP contribution in [0.4, 0.5) is 0 Å². The van der Waals surface area contributed by atoms with E-state index in [0.717, 1.165) is 0 Å². The highest BCUT2D eigenvalue weighted by Crippen LogP contribution is 2.15. The molecule has 1 aromatic rings. The molecule has 0 saturated carbocycles. The van der Waals surface area contributed by atoms with Crippen molar-refractivity contribution in [1.82, 2.24) is 0 Å². The highest BCUT2D eigenvalue weighted by molar-refractivity contribution is 5.18. The summed E-state index contributed by atoms with van der Waals surface area (Å²) >= 11 is 0. The van der Waals surface area contributed by atoms with E-state index in [1.54, 1.807) is 12.1 Å². The highest BCUT2D eigenvalue weighted by atomic mass is 16.5. The SMILES string of the molecule is COCC(O)C(O)c1ccccc1. The summed E-state index contributed by atoms with van der Waals surface area (Å²) in [7, 11) is 1.49. The molecule has 2 unspecified atom stereocenters. The molecule has 0 saturated heterocycles. The first-order chi connectivity index (χ1) is 6.25. The molecule has 0 radical (unpaired) electrons. The van der Waals surface area contributed by atoms with Crippen LogP contribution in [-0.4, -0.2) is 30.0 Å². The Bertz CT molecular complexity index is 235. The summed E-state index contributed by atoms with van der Waals surface area (Å²) in [6, 6.07) is 9.03. The molecule has 0 aliphatic rings. The third-order valence-electron chi connectivity index (χ3n) is 1.84. The molecule has 0 aliphatic heterocycles. The molecule has 3 nitrogen and oxygen atoms in total. The second kappa shape index (κ2) is 4.97. The van der Waals surface area contributed by atoms with Gasteiger partial charge in [0.05, 0.1) is 6.61 Å². The van der Waals surface area contributed by atoms with Crippen molar-refractivity contribution >= 4 is 0 Å². The summed E-state index contributed by atoms with van der Waals surface area (Å²) in [5.74, 6) is 0. The third-order valence-corrected chi connectivity index (χ3v) is 1.84. The van der Waals surface area contributed by atoms with Gasteiger partial charge in [0, 0.05) is 7.11 Å². The molecule has 72 valence electrons. The van der Waals surface area contributed by atoms with Crippen molar-refractivity contribution in [2.24, 2.45) is 0 Å². The number of hydrogen-bond acceptors (Lipinski definition) is 3. The fraction of sp³-hybridized carbons (Fsp3) is 0.400. The standard InChI is InChI=1S/C10H14O3/c1-13-7-9(11)10(12)8-5-3-2-4-6-8/h2-6,9-12H,7H2,1H3. The molecule has 0 aliphatic carbocycles. The number of benzene rings is 1. The van der Waals surface area contributed by atoms with E-state index in [1.165, 1.54) is 7.11 Å². The van der Waals surface area contributed by atoms with E-state index in [2.05, 4.69) is 0 Å². The normalized spacial score (nSPS) is 15.3. The zero-order valence-corrected chi connectivity index (χ0v) is 7.55. The number of aliphatic hydroxyl groups is 2. The van der Waals surface area contributed by atoms with Gasteiger partial charge < -0.3 is 14.9 Å². The van der Waals surface area contributed by atoms with Crippen LogP contribution >= 0.6 is 0 Å². The van der Waals surface area contributed by atoms with E-state index < -0.39 is 12.2 Å². The summed E-state index contributed by atoms with van der Waals surface area (Å²) in [5.41, 5.74) is 0.701. The highest BCUT2D eigenvalue weighted by Gasteiger charge is 2.17. The van der Waals surface area contributed by atoms with Crippen molar-refractivity contribution in [3.05, 3.63) is 35.9 Å². The molecule has 0 bridgehead atoms. The number of hydrogen-bond donors (Lipinski definition) is 2. The number of ether oxygens (including phenoxy) is 1.